The van der Waals surface area contributed by atoms with Crippen molar-refractivity contribution < 1.29 is 0 Å². The second-order valence-corrected chi connectivity index (χ2v) is 3.54. The summed E-state index contributed by atoms with van der Waals surface area (Å²) in [5, 5.41) is 0. The minimum atomic E-state index is 0.662. The standard InChI is InChI=1S/C9H15NS/c1-7-2-3-9(11)6-8(7)4-5-10/h3,6-7,11H,2,4-5,10H2,1H3. The fourth-order valence-corrected chi connectivity index (χ4v) is 1.60. The molecule has 2 heteroatoms. The Balaban J connectivity index is 2.64. The molecule has 0 bridgehead atoms. The monoisotopic (exact) mass is 169 g/mol. The van der Waals surface area contributed by atoms with Crippen molar-refractivity contribution in [1.29, 1.82) is 0 Å². The molecule has 0 aliphatic heterocycles. The number of nitrogens with two attached hydrogens (primary N) is 1. The zero-order valence-corrected chi connectivity index (χ0v) is 7.77. The second-order valence-electron chi connectivity index (χ2n) is 3.02. The van der Waals surface area contributed by atoms with Crippen LogP contribution in [0.3, 0.4) is 0 Å². The molecule has 62 valence electrons. The molecule has 0 spiro atoms. The summed E-state index contributed by atoms with van der Waals surface area (Å²) in [7, 11) is 0. The van der Waals surface area contributed by atoms with Gasteiger partial charge >= 0.3 is 0 Å². The van der Waals surface area contributed by atoms with Crippen LogP contribution in [-0.4, -0.2) is 6.54 Å². The largest absolute Gasteiger partial charge is 0.330 e. The van der Waals surface area contributed by atoms with Crippen molar-refractivity contribution in [2.75, 3.05) is 6.54 Å². The molecule has 2 N–H and O–H groups in total. The van der Waals surface area contributed by atoms with Gasteiger partial charge in [-0.1, -0.05) is 18.6 Å². The highest BCUT2D eigenvalue weighted by molar-refractivity contribution is 7.84. The Morgan fingerprint density at radius 2 is 2.45 bits per heavy atom. The zero-order valence-electron chi connectivity index (χ0n) is 6.88. The van der Waals surface area contributed by atoms with E-state index >= 15 is 0 Å². The second kappa shape index (κ2) is 3.98. The molecule has 0 aromatic carbocycles. The molecule has 0 radical (unpaired) electrons. The quantitative estimate of drug-likeness (QED) is 0.608. The van der Waals surface area contributed by atoms with E-state index in [2.05, 4.69) is 31.7 Å². The van der Waals surface area contributed by atoms with E-state index in [4.69, 9.17) is 5.73 Å². The number of thiol groups is 1. The maximum absolute atomic E-state index is 5.48. The van der Waals surface area contributed by atoms with Gasteiger partial charge in [0.1, 0.15) is 0 Å². The third-order valence-electron chi connectivity index (χ3n) is 2.08. The van der Waals surface area contributed by atoms with E-state index in [1.165, 1.54) is 5.57 Å². The van der Waals surface area contributed by atoms with Gasteiger partial charge in [-0.15, -0.1) is 12.6 Å². The molecule has 1 rings (SSSR count). The molecule has 1 atom stereocenters. The lowest BCUT2D eigenvalue weighted by Crippen LogP contribution is -2.08. The highest BCUT2D eigenvalue weighted by Gasteiger charge is 2.10. The molecular weight excluding hydrogens is 154 g/mol. The number of allylic oxidation sites excluding steroid dienone is 2. The Labute approximate surface area is 73.8 Å². The predicted molar refractivity (Wildman–Crippen MR) is 52.6 cm³/mol. The molecule has 0 saturated carbocycles. The van der Waals surface area contributed by atoms with Gasteiger partial charge in [0.2, 0.25) is 0 Å². The van der Waals surface area contributed by atoms with Crippen LogP contribution in [0.25, 0.3) is 0 Å². The maximum atomic E-state index is 5.48. The summed E-state index contributed by atoms with van der Waals surface area (Å²) in [4.78, 5) is 1.09. The van der Waals surface area contributed by atoms with E-state index in [-0.39, 0.29) is 0 Å². The van der Waals surface area contributed by atoms with Crippen molar-refractivity contribution in [3.05, 3.63) is 22.6 Å². The Morgan fingerprint density at radius 3 is 3.09 bits per heavy atom. The van der Waals surface area contributed by atoms with Crippen LogP contribution in [-0.2, 0) is 0 Å². The lowest BCUT2D eigenvalue weighted by Gasteiger charge is -2.17. The molecule has 0 aromatic heterocycles. The Kier molecular flexibility index (Phi) is 3.21. The highest BCUT2D eigenvalue weighted by atomic mass is 32.1. The van der Waals surface area contributed by atoms with Crippen molar-refractivity contribution in [2.24, 2.45) is 11.7 Å². The van der Waals surface area contributed by atoms with Crippen molar-refractivity contribution in [1.82, 2.24) is 0 Å². The van der Waals surface area contributed by atoms with Gasteiger partial charge in [-0.25, -0.2) is 0 Å². The van der Waals surface area contributed by atoms with Gasteiger partial charge in [-0.05, 0) is 36.3 Å². The smallest absolute Gasteiger partial charge is 0.0000118 e. The molecule has 1 nitrogen and oxygen atoms in total. The number of hydrogen-bond donors (Lipinski definition) is 2. The minimum absolute atomic E-state index is 0.662. The first-order valence-electron chi connectivity index (χ1n) is 4.03. The molecule has 0 aromatic rings. The Bertz CT molecular complexity index is 194. The summed E-state index contributed by atoms with van der Waals surface area (Å²) in [6.45, 7) is 2.98. The fourth-order valence-electron chi connectivity index (χ4n) is 1.33. The van der Waals surface area contributed by atoms with Crippen molar-refractivity contribution in [2.45, 2.75) is 19.8 Å². The van der Waals surface area contributed by atoms with Crippen molar-refractivity contribution >= 4 is 12.6 Å². The van der Waals surface area contributed by atoms with Gasteiger partial charge < -0.3 is 5.73 Å². The molecule has 1 aliphatic rings. The van der Waals surface area contributed by atoms with Crippen LogP contribution < -0.4 is 5.73 Å². The van der Waals surface area contributed by atoms with Crippen LogP contribution in [0.2, 0.25) is 0 Å². The molecular formula is C9H15NS. The first-order chi connectivity index (χ1) is 5.24. The molecule has 0 fully saturated rings. The summed E-state index contributed by atoms with van der Waals surface area (Å²) in [6, 6.07) is 0. The third kappa shape index (κ3) is 2.38. The maximum Gasteiger partial charge on any atom is -0.0000118 e. The van der Waals surface area contributed by atoms with Crippen molar-refractivity contribution in [3.63, 3.8) is 0 Å². The average molecular weight is 169 g/mol. The first-order valence-corrected chi connectivity index (χ1v) is 4.48. The van der Waals surface area contributed by atoms with E-state index in [0.717, 1.165) is 24.3 Å². The lowest BCUT2D eigenvalue weighted by atomic mass is 9.91. The van der Waals surface area contributed by atoms with E-state index < -0.39 is 0 Å². The SMILES string of the molecule is CC1CC=C(S)C=C1CCN. The summed E-state index contributed by atoms with van der Waals surface area (Å²) >= 11 is 4.30. The first kappa shape index (κ1) is 8.88. The van der Waals surface area contributed by atoms with Gasteiger partial charge in [-0.2, -0.15) is 0 Å². The van der Waals surface area contributed by atoms with Gasteiger partial charge in [0.05, 0.1) is 0 Å². The van der Waals surface area contributed by atoms with Crippen LogP contribution in [0.15, 0.2) is 22.6 Å². The van der Waals surface area contributed by atoms with Gasteiger partial charge in [-0.3, -0.25) is 0 Å². The lowest BCUT2D eigenvalue weighted by molar-refractivity contribution is 0.648. The summed E-state index contributed by atoms with van der Waals surface area (Å²) in [5.41, 5.74) is 6.93. The van der Waals surface area contributed by atoms with E-state index in [1.54, 1.807) is 0 Å². The third-order valence-corrected chi connectivity index (χ3v) is 2.39. The van der Waals surface area contributed by atoms with Crippen LogP contribution in [0.5, 0.6) is 0 Å². The molecule has 1 aliphatic carbocycles. The summed E-state index contributed by atoms with van der Waals surface area (Å²) in [6.07, 6.45) is 6.43. The Morgan fingerprint density at radius 1 is 1.73 bits per heavy atom. The molecule has 0 amide bonds. The molecule has 0 heterocycles. The summed E-state index contributed by atoms with van der Waals surface area (Å²) < 4.78 is 0. The number of rotatable bonds is 2. The minimum Gasteiger partial charge on any atom is -0.330 e. The van der Waals surface area contributed by atoms with E-state index in [1.807, 2.05) is 0 Å². The predicted octanol–water partition coefficient (Wildman–Crippen LogP) is 2.12. The van der Waals surface area contributed by atoms with Crippen molar-refractivity contribution in [3.8, 4) is 0 Å². The topological polar surface area (TPSA) is 26.0 Å². The van der Waals surface area contributed by atoms with Crippen LogP contribution in [0, 0.1) is 5.92 Å². The van der Waals surface area contributed by atoms with E-state index in [9.17, 15) is 0 Å². The molecule has 11 heavy (non-hydrogen) atoms. The fraction of sp³-hybridized carbons (Fsp3) is 0.556. The highest BCUT2D eigenvalue weighted by Crippen LogP contribution is 2.26. The normalized spacial score (nSPS) is 24.5. The molecule has 1 unspecified atom stereocenters. The Hall–Kier alpha value is -0.210. The van der Waals surface area contributed by atoms with Gasteiger partial charge in [0.25, 0.3) is 0 Å². The van der Waals surface area contributed by atoms with Gasteiger partial charge in [0, 0.05) is 0 Å². The van der Waals surface area contributed by atoms with Crippen LogP contribution in [0.4, 0.5) is 0 Å². The van der Waals surface area contributed by atoms with Crippen LogP contribution >= 0.6 is 12.6 Å². The average Bonchev–Trinajstić information content (AvgIpc) is 1.98. The van der Waals surface area contributed by atoms with Crippen LogP contribution in [0.1, 0.15) is 19.8 Å². The van der Waals surface area contributed by atoms with Gasteiger partial charge in [0.15, 0.2) is 0 Å². The number of hydrogen-bond acceptors (Lipinski definition) is 2. The zero-order chi connectivity index (χ0) is 8.27. The van der Waals surface area contributed by atoms with E-state index in [0.29, 0.717) is 5.92 Å². The summed E-state index contributed by atoms with van der Waals surface area (Å²) in [5.74, 6) is 0.662. The molecule has 0 saturated heterocycles.